The third kappa shape index (κ3) is 9.43. The topological polar surface area (TPSA) is 88.7 Å². The SMILES string of the molecule is COC(=O)NC(C(=O)Nc1ccccc1CC[C@@H]1CNC[C@@H](CSc2ccc(Br)cc2)O1)C(c1ccccc1)c1ccccc1. The third-order valence-electron chi connectivity index (χ3n) is 7.78. The van der Waals surface area contributed by atoms with Crippen molar-refractivity contribution in [3.05, 3.63) is 130 Å². The van der Waals surface area contributed by atoms with E-state index >= 15 is 0 Å². The van der Waals surface area contributed by atoms with Gasteiger partial charge < -0.3 is 25.4 Å². The quantitative estimate of drug-likeness (QED) is 0.139. The molecule has 1 fully saturated rings. The van der Waals surface area contributed by atoms with Gasteiger partial charge in [0, 0.05) is 39.8 Å². The van der Waals surface area contributed by atoms with Crippen LogP contribution < -0.4 is 16.0 Å². The number of ether oxygens (including phenoxy) is 2. The van der Waals surface area contributed by atoms with Gasteiger partial charge in [0.25, 0.3) is 0 Å². The fourth-order valence-electron chi connectivity index (χ4n) is 5.53. The van der Waals surface area contributed by atoms with Crippen LogP contribution in [0.25, 0.3) is 0 Å². The summed E-state index contributed by atoms with van der Waals surface area (Å²) >= 11 is 5.29. The predicted molar refractivity (Wildman–Crippen MR) is 184 cm³/mol. The second-order valence-electron chi connectivity index (χ2n) is 10.9. The maximum absolute atomic E-state index is 14.0. The number of anilines is 1. The van der Waals surface area contributed by atoms with Gasteiger partial charge in [-0.05, 0) is 59.9 Å². The molecule has 7 nitrogen and oxygen atoms in total. The number of morpholine rings is 1. The number of alkyl carbamates (subject to hydrolysis) is 1. The van der Waals surface area contributed by atoms with Crippen molar-refractivity contribution in [2.75, 3.05) is 31.3 Å². The lowest BCUT2D eigenvalue weighted by atomic mass is 9.84. The van der Waals surface area contributed by atoms with E-state index in [4.69, 9.17) is 9.47 Å². The second-order valence-corrected chi connectivity index (χ2v) is 12.9. The minimum absolute atomic E-state index is 0.0623. The Bertz CT molecular complexity index is 1490. The highest BCUT2D eigenvalue weighted by atomic mass is 79.9. The highest BCUT2D eigenvalue weighted by molar-refractivity contribution is 9.10. The van der Waals surface area contributed by atoms with Gasteiger partial charge in [-0.15, -0.1) is 11.8 Å². The molecule has 2 amide bonds. The molecule has 9 heteroatoms. The normalized spacial score (nSPS) is 17.0. The minimum Gasteiger partial charge on any atom is -0.453 e. The van der Waals surface area contributed by atoms with Crippen molar-refractivity contribution in [1.82, 2.24) is 10.6 Å². The van der Waals surface area contributed by atoms with Gasteiger partial charge in [0.15, 0.2) is 0 Å². The number of nitrogens with one attached hydrogen (secondary N) is 3. The summed E-state index contributed by atoms with van der Waals surface area (Å²) in [5.74, 6) is 0.106. The number of thioether (sulfide) groups is 1. The fourth-order valence-corrected chi connectivity index (χ4v) is 6.70. The molecule has 0 radical (unpaired) electrons. The average molecular weight is 689 g/mol. The van der Waals surface area contributed by atoms with Gasteiger partial charge in [-0.1, -0.05) is 94.8 Å². The number of methoxy groups -OCH3 is 1. The van der Waals surface area contributed by atoms with Gasteiger partial charge in [0.05, 0.1) is 19.3 Å². The molecule has 0 spiro atoms. The van der Waals surface area contributed by atoms with Crippen LogP contribution in [0.5, 0.6) is 0 Å². The second kappa shape index (κ2) is 16.6. The number of benzene rings is 4. The highest BCUT2D eigenvalue weighted by Gasteiger charge is 2.33. The Kier molecular flexibility index (Phi) is 12.1. The van der Waals surface area contributed by atoms with Crippen LogP contribution in [0.1, 0.15) is 29.0 Å². The number of carbonyl (C=O) groups is 2. The molecule has 5 rings (SSSR count). The molecule has 0 saturated carbocycles. The molecule has 3 atom stereocenters. The van der Waals surface area contributed by atoms with E-state index in [1.807, 2.05) is 84.9 Å². The average Bonchev–Trinajstić information content (AvgIpc) is 3.08. The van der Waals surface area contributed by atoms with E-state index in [2.05, 4.69) is 56.1 Å². The monoisotopic (exact) mass is 687 g/mol. The number of halogens is 1. The largest absolute Gasteiger partial charge is 0.453 e. The van der Waals surface area contributed by atoms with Gasteiger partial charge in [0.1, 0.15) is 6.04 Å². The molecule has 234 valence electrons. The number of para-hydroxylation sites is 1. The van der Waals surface area contributed by atoms with Gasteiger partial charge in [-0.3, -0.25) is 4.79 Å². The lowest BCUT2D eigenvalue weighted by Crippen LogP contribution is -2.48. The van der Waals surface area contributed by atoms with E-state index in [1.54, 1.807) is 11.8 Å². The Morgan fingerprint density at radius 2 is 1.51 bits per heavy atom. The van der Waals surface area contributed by atoms with Gasteiger partial charge >= 0.3 is 6.09 Å². The van der Waals surface area contributed by atoms with Crippen LogP contribution in [-0.4, -0.2) is 56.2 Å². The molecule has 0 aliphatic carbocycles. The van der Waals surface area contributed by atoms with Crippen LogP contribution in [0, 0.1) is 0 Å². The fraction of sp³-hybridized carbons (Fsp3) is 0.278. The Morgan fingerprint density at radius 3 is 2.18 bits per heavy atom. The van der Waals surface area contributed by atoms with Crippen LogP contribution in [-0.2, 0) is 20.7 Å². The predicted octanol–water partition coefficient (Wildman–Crippen LogP) is 7.03. The summed E-state index contributed by atoms with van der Waals surface area (Å²) in [7, 11) is 1.30. The van der Waals surface area contributed by atoms with Crippen molar-refractivity contribution in [3.8, 4) is 0 Å². The molecule has 45 heavy (non-hydrogen) atoms. The number of amides is 2. The van der Waals surface area contributed by atoms with E-state index < -0.39 is 18.1 Å². The summed E-state index contributed by atoms with van der Waals surface area (Å²) < 4.78 is 12.5. The molecule has 1 unspecified atom stereocenters. The molecule has 1 aliphatic rings. The smallest absolute Gasteiger partial charge is 0.407 e. The molecule has 1 heterocycles. The number of aryl methyl sites for hydroxylation is 1. The van der Waals surface area contributed by atoms with Crippen molar-refractivity contribution < 1.29 is 19.1 Å². The lowest BCUT2D eigenvalue weighted by Gasteiger charge is -2.31. The van der Waals surface area contributed by atoms with E-state index in [0.717, 1.165) is 52.8 Å². The summed E-state index contributed by atoms with van der Waals surface area (Å²) in [5.41, 5.74) is 3.53. The van der Waals surface area contributed by atoms with Crippen LogP contribution in [0.2, 0.25) is 0 Å². The maximum Gasteiger partial charge on any atom is 0.407 e. The minimum atomic E-state index is -0.926. The first kappa shape index (κ1) is 32.8. The molecule has 3 N–H and O–H groups in total. The third-order valence-corrected chi connectivity index (χ3v) is 9.45. The van der Waals surface area contributed by atoms with Crippen molar-refractivity contribution in [2.24, 2.45) is 0 Å². The molecular formula is C36H38BrN3O4S. The lowest BCUT2D eigenvalue weighted by molar-refractivity contribution is -0.118. The first-order valence-corrected chi connectivity index (χ1v) is 16.9. The highest BCUT2D eigenvalue weighted by Crippen LogP contribution is 2.30. The molecule has 0 aromatic heterocycles. The Hall–Kier alpha value is -3.63. The first-order valence-electron chi connectivity index (χ1n) is 15.1. The summed E-state index contributed by atoms with van der Waals surface area (Å²) in [6.45, 7) is 1.61. The molecule has 4 aromatic rings. The summed E-state index contributed by atoms with van der Waals surface area (Å²) in [6.07, 6.45) is 1.04. The first-order chi connectivity index (χ1) is 22.0. The zero-order chi connectivity index (χ0) is 31.4. The molecule has 1 aliphatic heterocycles. The summed E-state index contributed by atoms with van der Waals surface area (Å²) in [6, 6.07) is 34.7. The van der Waals surface area contributed by atoms with Crippen molar-refractivity contribution in [3.63, 3.8) is 0 Å². The van der Waals surface area contributed by atoms with Crippen molar-refractivity contribution >= 4 is 45.4 Å². The number of hydrogen-bond acceptors (Lipinski definition) is 6. The standard InChI is InChI=1S/C36H38BrN3O4S/c1-43-36(42)40-34(33(26-11-4-2-5-12-26)27-13-6-3-7-14-27)35(41)39-32-15-9-8-10-25(32)16-19-29-22-38-23-30(44-29)24-45-31-20-17-28(37)18-21-31/h2-15,17-18,20-21,29-30,33-34,38H,16,19,22-24H2,1H3,(H,39,41)(H,40,42)/t29-,30+,34?/m1/s1. The van der Waals surface area contributed by atoms with Gasteiger partial charge in [-0.2, -0.15) is 0 Å². The van der Waals surface area contributed by atoms with Crippen molar-refractivity contribution in [1.29, 1.82) is 0 Å². The molecular weight excluding hydrogens is 650 g/mol. The van der Waals surface area contributed by atoms with Gasteiger partial charge in [-0.25, -0.2) is 4.79 Å². The molecule has 0 bridgehead atoms. The summed E-state index contributed by atoms with van der Waals surface area (Å²) in [4.78, 5) is 27.8. The van der Waals surface area contributed by atoms with E-state index in [-0.39, 0.29) is 18.1 Å². The van der Waals surface area contributed by atoms with E-state index in [9.17, 15) is 9.59 Å². The van der Waals surface area contributed by atoms with Crippen molar-refractivity contribution in [2.45, 2.75) is 41.9 Å². The molecule has 4 aromatic carbocycles. The number of carbonyl (C=O) groups excluding carboxylic acids is 2. The maximum atomic E-state index is 14.0. The van der Waals surface area contributed by atoms with Crippen LogP contribution in [0.4, 0.5) is 10.5 Å². The van der Waals surface area contributed by atoms with Gasteiger partial charge in [0.2, 0.25) is 5.91 Å². The van der Waals surface area contributed by atoms with E-state index in [0.29, 0.717) is 5.69 Å². The Morgan fingerprint density at radius 1 is 0.889 bits per heavy atom. The number of hydrogen-bond donors (Lipinski definition) is 3. The van der Waals surface area contributed by atoms with E-state index in [1.165, 1.54) is 12.0 Å². The zero-order valence-corrected chi connectivity index (χ0v) is 27.6. The zero-order valence-electron chi connectivity index (χ0n) is 25.2. The Labute approximate surface area is 277 Å². The van der Waals surface area contributed by atoms with Crippen LogP contribution in [0.15, 0.2) is 119 Å². The van der Waals surface area contributed by atoms with Crippen LogP contribution in [0.3, 0.4) is 0 Å². The summed E-state index contributed by atoms with van der Waals surface area (Å²) in [5, 5.41) is 9.47. The number of rotatable bonds is 12. The Balaban J connectivity index is 1.27. The van der Waals surface area contributed by atoms with Crippen LogP contribution >= 0.6 is 27.7 Å². The molecule has 1 saturated heterocycles.